The van der Waals surface area contributed by atoms with E-state index in [0.717, 1.165) is 5.56 Å². The number of aryl methyl sites for hydroxylation is 1. The Balaban J connectivity index is 2.59. The molecule has 1 aromatic carbocycles. The topological polar surface area (TPSA) is 41.1 Å². The summed E-state index contributed by atoms with van der Waals surface area (Å²) in [7, 11) is 0. The van der Waals surface area contributed by atoms with E-state index in [2.05, 4.69) is 21.2 Å². The normalized spacial score (nSPS) is 11.1. The van der Waals surface area contributed by atoms with E-state index < -0.39 is 18.8 Å². The Hall–Kier alpha value is -1.24. The number of carbonyl (C=O) groups excluding carboxylic acids is 1. The summed E-state index contributed by atoms with van der Waals surface area (Å²) in [5.41, 5.74) is 1.31. The maximum atomic E-state index is 11.8. The molecule has 0 bridgehead atoms. The molecule has 0 heterocycles. The van der Waals surface area contributed by atoms with Crippen LogP contribution in [0, 0.1) is 6.92 Å². The molecular weight excluding hydrogens is 301 g/mol. The lowest BCUT2D eigenvalue weighted by Gasteiger charge is -2.11. The van der Waals surface area contributed by atoms with Crippen LogP contribution in [0.25, 0.3) is 0 Å². The number of nitrogens with one attached hydrogen (secondary N) is 2. The van der Waals surface area contributed by atoms with Gasteiger partial charge in [-0.3, -0.25) is 0 Å². The van der Waals surface area contributed by atoms with Crippen LogP contribution in [-0.4, -0.2) is 18.8 Å². The molecule has 0 unspecified atom stereocenters. The Bertz CT molecular complexity index is 421. The summed E-state index contributed by atoms with van der Waals surface area (Å²) in [6, 6.07) is 4.27. The van der Waals surface area contributed by atoms with Gasteiger partial charge in [0.15, 0.2) is 0 Å². The van der Waals surface area contributed by atoms with Crippen LogP contribution in [0.2, 0.25) is 0 Å². The van der Waals surface area contributed by atoms with Crippen molar-refractivity contribution in [3.8, 4) is 0 Å². The molecule has 17 heavy (non-hydrogen) atoms. The van der Waals surface area contributed by atoms with E-state index in [1.54, 1.807) is 17.4 Å². The number of amides is 2. The van der Waals surface area contributed by atoms with Gasteiger partial charge >= 0.3 is 12.2 Å². The highest BCUT2D eigenvalue weighted by Crippen LogP contribution is 2.23. The average Bonchev–Trinajstić information content (AvgIpc) is 2.20. The second kappa shape index (κ2) is 5.39. The predicted octanol–water partition coefficient (Wildman–Crippen LogP) is 3.44. The fourth-order valence-electron chi connectivity index (χ4n) is 1.08. The van der Waals surface area contributed by atoms with Crippen LogP contribution in [0.1, 0.15) is 5.56 Å². The van der Waals surface area contributed by atoms with Crippen LogP contribution in [0.3, 0.4) is 0 Å². The van der Waals surface area contributed by atoms with E-state index in [4.69, 9.17) is 0 Å². The van der Waals surface area contributed by atoms with Crippen molar-refractivity contribution in [2.45, 2.75) is 13.1 Å². The number of hydrogen-bond donors (Lipinski definition) is 2. The third-order valence-electron chi connectivity index (χ3n) is 1.82. The standard InChI is InChI=1S/C10H10BrF3N2O/c1-6-2-3-7(11)8(4-6)16-9(17)15-5-10(12,13)14/h2-4H,5H2,1H3,(H2,15,16,17). The number of benzene rings is 1. The molecule has 3 nitrogen and oxygen atoms in total. The van der Waals surface area contributed by atoms with Crippen molar-refractivity contribution in [2.75, 3.05) is 11.9 Å². The molecule has 0 aliphatic rings. The van der Waals surface area contributed by atoms with Crippen molar-refractivity contribution < 1.29 is 18.0 Å². The third-order valence-corrected chi connectivity index (χ3v) is 2.51. The van der Waals surface area contributed by atoms with E-state index in [1.165, 1.54) is 0 Å². The number of rotatable bonds is 2. The van der Waals surface area contributed by atoms with Gasteiger partial charge in [0.2, 0.25) is 0 Å². The van der Waals surface area contributed by atoms with Crippen molar-refractivity contribution in [3.05, 3.63) is 28.2 Å². The lowest BCUT2D eigenvalue weighted by atomic mass is 10.2. The lowest BCUT2D eigenvalue weighted by molar-refractivity contribution is -0.122. The molecule has 0 saturated heterocycles. The molecule has 2 N–H and O–H groups in total. The summed E-state index contributed by atoms with van der Waals surface area (Å²) < 4.78 is 36.1. The van der Waals surface area contributed by atoms with Gasteiger partial charge in [-0.15, -0.1) is 0 Å². The van der Waals surface area contributed by atoms with E-state index in [9.17, 15) is 18.0 Å². The number of halogens is 4. The minimum atomic E-state index is -4.42. The van der Waals surface area contributed by atoms with Crippen molar-refractivity contribution in [1.29, 1.82) is 0 Å². The largest absolute Gasteiger partial charge is 0.405 e. The molecule has 0 fully saturated rings. The van der Waals surface area contributed by atoms with Gasteiger partial charge in [-0.05, 0) is 40.5 Å². The van der Waals surface area contributed by atoms with E-state index in [-0.39, 0.29) is 0 Å². The first-order chi connectivity index (χ1) is 7.78. The summed E-state index contributed by atoms with van der Waals surface area (Å²) >= 11 is 3.18. The number of anilines is 1. The van der Waals surface area contributed by atoms with E-state index >= 15 is 0 Å². The van der Waals surface area contributed by atoms with Crippen LogP contribution >= 0.6 is 15.9 Å². The number of hydrogen-bond acceptors (Lipinski definition) is 1. The van der Waals surface area contributed by atoms with Crippen LogP contribution in [-0.2, 0) is 0 Å². The predicted molar refractivity (Wildman–Crippen MR) is 62.0 cm³/mol. The Morgan fingerprint density at radius 3 is 2.65 bits per heavy atom. The van der Waals surface area contributed by atoms with Crippen LogP contribution in [0.4, 0.5) is 23.7 Å². The van der Waals surface area contributed by atoms with Crippen LogP contribution in [0.15, 0.2) is 22.7 Å². The summed E-state index contributed by atoms with van der Waals surface area (Å²) in [6.07, 6.45) is -4.42. The number of carbonyl (C=O) groups is 1. The van der Waals surface area contributed by atoms with Gasteiger partial charge < -0.3 is 10.6 Å². The van der Waals surface area contributed by atoms with E-state index in [1.807, 2.05) is 13.0 Å². The maximum Gasteiger partial charge on any atom is 0.405 e. The fourth-order valence-corrected chi connectivity index (χ4v) is 1.43. The summed E-state index contributed by atoms with van der Waals surface area (Å²) in [5.74, 6) is 0. The van der Waals surface area contributed by atoms with Crippen LogP contribution < -0.4 is 10.6 Å². The minimum Gasteiger partial charge on any atom is -0.329 e. The second-order valence-corrected chi connectivity index (χ2v) is 4.26. The van der Waals surface area contributed by atoms with Crippen molar-refractivity contribution >= 4 is 27.6 Å². The zero-order valence-electron chi connectivity index (χ0n) is 8.86. The molecule has 0 aliphatic heterocycles. The third kappa shape index (κ3) is 5.08. The first-order valence-corrected chi connectivity index (χ1v) is 5.45. The Morgan fingerprint density at radius 1 is 1.41 bits per heavy atom. The van der Waals surface area contributed by atoms with Gasteiger partial charge in [-0.25, -0.2) is 4.79 Å². The molecule has 0 aromatic heterocycles. The van der Waals surface area contributed by atoms with E-state index in [0.29, 0.717) is 10.2 Å². The van der Waals surface area contributed by atoms with Gasteiger partial charge in [-0.2, -0.15) is 13.2 Å². The SMILES string of the molecule is Cc1ccc(Br)c(NC(=O)NCC(F)(F)F)c1. The van der Waals surface area contributed by atoms with Crippen molar-refractivity contribution in [1.82, 2.24) is 5.32 Å². The highest BCUT2D eigenvalue weighted by molar-refractivity contribution is 9.10. The Kier molecular flexibility index (Phi) is 4.39. The quantitative estimate of drug-likeness (QED) is 0.863. The molecule has 2 amide bonds. The smallest absolute Gasteiger partial charge is 0.329 e. The minimum absolute atomic E-state index is 0.421. The zero-order valence-corrected chi connectivity index (χ0v) is 10.4. The van der Waals surface area contributed by atoms with Crippen LogP contribution in [0.5, 0.6) is 0 Å². The molecule has 0 atom stereocenters. The van der Waals surface area contributed by atoms with Gasteiger partial charge in [0.05, 0.1) is 5.69 Å². The van der Waals surface area contributed by atoms with Gasteiger partial charge in [0, 0.05) is 4.47 Å². The molecule has 7 heteroatoms. The zero-order chi connectivity index (χ0) is 13.1. The second-order valence-electron chi connectivity index (χ2n) is 3.41. The van der Waals surface area contributed by atoms with Crippen molar-refractivity contribution in [3.63, 3.8) is 0 Å². The molecule has 0 radical (unpaired) electrons. The lowest BCUT2D eigenvalue weighted by Crippen LogP contribution is -2.36. The Labute approximate surface area is 105 Å². The van der Waals surface area contributed by atoms with Gasteiger partial charge in [-0.1, -0.05) is 6.07 Å². The molecule has 0 spiro atoms. The molecular formula is C10H10BrF3N2O. The molecule has 1 rings (SSSR count). The average molecular weight is 311 g/mol. The monoisotopic (exact) mass is 310 g/mol. The summed E-state index contributed by atoms with van der Waals surface area (Å²) in [4.78, 5) is 11.2. The number of urea groups is 1. The first-order valence-electron chi connectivity index (χ1n) is 4.66. The highest BCUT2D eigenvalue weighted by atomic mass is 79.9. The van der Waals surface area contributed by atoms with Gasteiger partial charge in [0.25, 0.3) is 0 Å². The molecule has 94 valence electrons. The Morgan fingerprint density at radius 2 is 2.06 bits per heavy atom. The first kappa shape index (κ1) is 13.8. The fraction of sp³-hybridized carbons (Fsp3) is 0.300. The molecule has 0 aliphatic carbocycles. The summed E-state index contributed by atoms with van der Waals surface area (Å²) in [5, 5.41) is 4.05. The molecule has 1 aromatic rings. The number of alkyl halides is 3. The van der Waals surface area contributed by atoms with Gasteiger partial charge in [0.1, 0.15) is 6.54 Å². The maximum absolute atomic E-state index is 11.8. The summed E-state index contributed by atoms with van der Waals surface area (Å²) in [6.45, 7) is 0.452. The van der Waals surface area contributed by atoms with Crippen molar-refractivity contribution in [2.24, 2.45) is 0 Å². The molecule has 0 saturated carbocycles. The highest BCUT2D eigenvalue weighted by Gasteiger charge is 2.27.